The summed E-state index contributed by atoms with van der Waals surface area (Å²) in [5, 5.41) is 25.9. The lowest BCUT2D eigenvalue weighted by Gasteiger charge is -2.37. The highest BCUT2D eigenvalue weighted by Crippen LogP contribution is 2.58. The van der Waals surface area contributed by atoms with Crippen LogP contribution < -0.4 is 10.2 Å². The quantitative estimate of drug-likeness (QED) is 0.180. The second-order valence-electron chi connectivity index (χ2n) is 10.9. The summed E-state index contributed by atoms with van der Waals surface area (Å²) in [6.07, 6.45) is 3.68. The molecule has 0 unspecified atom stereocenters. The van der Waals surface area contributed by atoms with Crippen molar-refractivity contribution in [1.29, 1.82) is 0 Å². The number of nitrogens with zero attached hydrogens (tertiary/aromatic N) is 3. The van der Waals surface area contributed by atoms with E-state index in [1.165, 1.54) is 42.5 Å². The first-order valence-electron chi connectivity index (χ1n) is 13.8. The molecule has 216 valence electrons. The number of hydrogen-bond acceptors (Lipinski definition) is 8. The fraction of sp³-hybridized carbons (Fsp3) is 0.121. The predicted molar refractivity (Wildman–Crippen MR) is 161 cm³/mol. The molecule has 1 amide bonds. The van der Waals surface area contributed by atoms with Gasteiger partial charge in [-0.25, -0.2) is 0 Å². The van der Waals surface area contributed by atoms with Gasteiger partial charge in [-0.2, -0.15) is 0 Å². The van der Waals surface area contributed by atoms with Crippen molar-refractivity contribution in [2.24, 2.45) is 5.92 Å². The molecule has 11 heteroatoms. The second kappa shape index (κ2) is 9.80. The number of ketones is 2. The Morgan fingerprint density at radius 3 is 2.23 bits per heavy atom. The van der Waals surface area contributed by atoms with Gasteiger partial charge >= 0.3 is 0 Å². The molecular weight excluding hydrogens is 564 g/mol. The topological polar surface area (TPSA) is 153 Å². The molecule has 3 aliphatic rings. The Morgan fingerprint density at radius 1 is 0.773 bits per heavy atom. The highest BCUT2D eigenvalue weighted by Gasteiger charge is 2.70. The van der Waals surface area contributed by atoms with Crippen molar-refractivity contribution in [3.63, 3.8) is 0 Å². The Balaban J connectivity index is 1.51. The van der Waals surface area contributed by atoms with Crippen molar-refractivity contribution in [3.05, 3.63) is 146 Å². The van der Waals surface area contributed by atoms with Crippen LogP contribution in [-0.2, 0) is 10.2 Å². The lowest BCUT2D eigenvalue weighted by Crippen LogP contribution is -2.51. The van der Waals surface area contributed by atoms with Crippen LogP contribution in [0.3, 0.4) is 0 Å². The van der Waals surface area contributed by atoms with Gasteiger partial charge in [-0.05, 0) is 35.4 Å². The van der Waals surface area contributed by atoms with Crippen LogP contribution in [-0.4, -0.2) is 39.4 Å². The zero-order valence-electron chi connectivity index (χ0n) is 22.8. The number of non-ortho nitro benzene ring substituents is 2. The van der Waals surface area contributed by atoms with Gasteiger partial charge in [0, 0.05) is 46.8 Å². The van der Waals surface area contributed by atoms with Gasteiger partial charge in [-0.1, -0.05) is 60.7 Å². The van der Waals surface area contributed by atoms with E-state index in [-0.39, 0.29) is 22.5 Å². The van der Waals surface area contributed by atoms with E-state index in [1.807, 2.05) is 30.4 Å². The van der Waals surface area contributed by atoms with Crippen molar-refractivity contribution >= 4 is 46.3 Å². The fourth-order valence-electron chi connectivity index (χ4n) is 6.99. The number of anilines is 2. The van der Waals surface area contributed by atoms with Crippen LogP contribution in [0.4, 0.5) is 22.7 Å². The van der Waals surface area contributed by atoms with E-state index in [4.69, 9.17) is 0 Å². The smallest absolute Gasteiger partial charge is 0.270 e. The molecule has 44 heavy (non-hydrogen) atoms. The summed E-state index contributed by atoms with van der Waals surface area (Å²) >= 11 is 0. The maximum Gasteiger partial charge on any atom is 0.270 e. The third kappa shape index (κ3) is 3.72. The standard InChI is InChI=1S/C33H22N4O7/c38-30(21-7-5-8-23(18-21)37(43)44)28-29(31(39)20-12-15-22(16-13-20)36(41)42)35-26-11-4-1-6-19(26)14-17-27(35)33(28)24-9-2-3-10-25(24)34-32(33)40/h1-18,27-29H,(H,34,40)/t27-,28-,29+,33+/m1/s1. The maximum atomic E-state index is 14.8. The first-order chi connectivity index (χ1) is 21.2. The monoisotopic (exact) mass is 586 g/mol. The molecule has 0 bridgehead atoms. The van der Waals surface area contributed by atoms with Crippen LogP contribution in [0.2, 0.25) is 0 Å². The minimum atomic E-state index is -1.59. The number of rotatable bonds is 6. The number of Topliss-reactive ketones (excluding diaryl/α,β-unsaturated/α-hetero) is 2. The van der Waals surface area contributed by atoms with E-state index in [1.54, 1.807) is 35.2 Å². The zero-order chi connectivity index (χ0) is 30.7. The summed E-state index contributed by atoms with van der Waals surface area (Å²) in [5.41, 5.74) is 0.441. The van der Waals surface area contributed by atoms with Crippen molar-refractivity contribution in [2.45, 2.75) is 17.5 Å². The van der Waals surface area contributed by atoms with E-state index >= 15 is 0 Å². The van der Waals surface area contributed by atoms with Crippen LogP contribution in [0.5, 0.6) is 0 Å². The molecule has 1 spiro atoms. The maximum absolute atomic E-state index is 14.8. The molecule has 1 fully saturated rings. The summed E-state index contributed by atoms with van der Waals surface area (Å²) in [7, 11) is 0. The van der Waals surface area contributed by atoms with Gasteiger partial charge in [0.2, 0.25) is 5.91 Å². The van der Waals surface area contributed by atoms with Gasteiger partial charge in [0.25, 0.3) is 11.4 Å². The average Bonchev–Trinajstić information content (AvgIpc) is 3.52. The number of nitro benzene ring substituents is 2. The summed E-state index contributed by atoms with van der Waals surface area (Å²) in [4.78, 5) is 67.4. The lowest BCUT2D eigenvalue weighted by atomic mass is 9.64. The molecule has 1 saturated heterocycles. The molecule has 4 aromatic carbocycles. The number of amides is 1. The third-order valence-electron chi connectivity index (χ3n) is 8.80. The number of para-hydroxylation sites is 2. The van der Waals surface area contributed by atoms with Crippen molar-refractivity contribution in [2.75, 3.05) is 10.2 Å². The molecular formula is C33H22N4O7. The molecule has 0 aliphatic carbocycles. The van der Waals surface area contributed by atoms with Crippen LogP contribution in [0.15, 0.2) is 103 Å². The molecule has 3 aliphatic heterocycles. The Labute approximate surface area is 249 Å². The molecule has 0 radical (unpaired) electrons. The average molecular weight is 587 g/mol. The van der Waals surface area contributed by atoms with E-state index in [2.05, 4.69) is 5.32 Å². The number of benzene rings is 4. The van der Waals surface area contributed by atoms with Crippen LogP contribution >= 0.6 is 0 Å². The third-order valence-corrected chi connectivity index (χ3v) is 8.80. The Bertz CT molecular complexity index is 1950. The number of carbonyl (C=O) groups is 3. The molecule has 4 aromatic rings. The molecule has 4 atom stereocenters. The Morgan fingerprint density at radius 2 is 1.48 bits per heavy atom. The number of nitrogens with one attached hydrogen (secondary N) is 1. The number of carbonyl (C=O) groups excluding carboxylic acids is 3. The van der Waals surface area contributed by atoms with Crippen LogP contribution in [0, 0.1) is 26.1 Å². The first-order valence-corrected chi connectivity index (χ1v) is 13.8. The Hall–Kier alpha value is -5.97. The highest BCUT2D eigenvalue weighted by molar-refractivity contribution is 6.18. The molecule has 11 nitrogen and oxygen atoms in total. The van der Waals surface area contributed by atoms with E-state index in [0.717, 1.165) is 11.6 Å². The minimum Gasteiger partial charge on any atom is -0.352 e. The number of hydrogen-bond donors (Lipinski definition) is 1. The largest absolute Gasteiger partial charge is 0.352 e. The van der Waals surface area contributed by atoms with Gasteiger partial charge in [-0.3, -0.25) is 34.6 Å². The summed E-state index contributed by atoms with van der Waals surface area (Å²) in [6, 6.07) is 22.6. The highest BCUT2D eigenvalue weighted by atomic mass is 16.6. The van der Waals surface area contributed by atoms with Gasteiger partial charge < -0.3 is 10.2 Å². The summed E-state index contributed by atoms with van der Waals surface area (Å²) in [6.45, 7) is 0. The van der Waals surface area contributed by atoms with Crippen LogP contribution in [0.25, 0.3) is 6.08 Å². The van der Waals surface area contributed by atoms with Gasteiger partial charge in [-0.15, -0.1) is 0 Å². The zero-order valence-corrected chi connectivity index (χ0v) is 22.8. The van der Waals surface area contributed by atoms with E-state index in [0.29, 0.717) is 16.9 Å². The molecule has 7 rings (SSSR count). The van der Waals surface area contributed by atoms with Crippen molar-refractivity contribution in [3.8, 4) is 0 Å². The Kier molecular flexibility index (Phi) is 5.99. The number of nitro groups is 2. The molecule has 0 saturated carbocycles. The van der Waals surface area contributed by atoms with Gasteiger partial charge in [0.15, 0.2) is 11.6 Å². The van der Waals surface area contributed by atoms with E-state index < -0.39 is 50.7 Å². The van der Waals surface area contributed by atoms with Gasteiger partial charge in [0.05, 0.1) is 21.8 Å². The molecule has 3 heterocycles. The summed E-state index contributed by atoms with van der Waals surface area (Å²) < 4.78 is 0. The first kappa shape index (κ1) is 26.9. The molecule has 0 aromatic heterocycles. The molecule has 1 N–H and O–H groups in total. The fourth-order valence-corrected chi connectivity index (χ4v) is 6.99. The van der Waals surface area contributed by atoms with E-state index in [9.17, 15) is 34.6 Å². The second-order valence-corrected chi connectivity index (χ2v) is 10.9. The number of fused-ring (bicyclic) bond motifs is 6. The van der Waals surface area contributed by atoms with Crippen molar-refractivity contribution in [1.82, 2.24) is 0 Å². The summed E-state index contributed by atoms with van der Waals surface area (Å²) in [5.74, 6) is -2.94. The SMILES string of the molecule is O=C(c1ccc([N+](=O)[O-])cc1)[C@@H]1[C@H](C(=O)c2cccc([N+](=O)[O-])c2)[C@@]2(C(=O)Nc3ccccc32)[C@H]2C=Cc3ccccc3N12. The van der Waals surface area contributed by atoms with Crippen molar-refractivity contribution < 1.29 is 24.2 Å². The van der Waals surface area contributed by atoms with Gasteiger partial charge in [0.1, 0.15) is 11.5 Å². The lowest BCUT2D eigenvalue weighted by molar-refractivity contribution is -0.385. The minimum absolute atomic E-state index is 0.0145. The normalized spacial score (nSPS) is 22.6. The predicted octanol–water partition coefficient (Wildman–Crippen LogP) is 5.36. The van der Waals surface area contributed by atoms with Crippen LogP contribution in [0.1, 0.15) is 31.8 Å².